The molecule has 0 aromatic carbocycles. The fourth-order valence-electron chi connectivity index (χ4n) is 0.948. The molecule has 1 aromatic rings. The van der Waals surface area contributed by atoms with Gasteiger partial charge in [-0.15, -0.1) is 0 Å². The molecule has 0 N–H and O–H groups in total. The van der Waals surface area contributed by atoms with Crippen LogP contribution in [0.5, 0.6) is 0 Å². The summed E-state index contributed by atoms with van der Waals surface area (Å²) < 4.78 is 37.5. The lowest BCUT2D eigenvalue weighted by Crippen LogP contribution is -2.10. The summed E-state index contributed by atoms with van der Waals surface area (Å²) in [7, 11) is 0. The van der Waals surface area contributed by atoms with E-state index in [2.05, 4.69) is 4.98 Å². The maximum atomic E-state index is 12.4. The standard InChI is InChI=1S/C8H4F3IN2/c9-8(10,11)6-3-7(12)14-4-5(6)1-2-13/h3-4H,1H2. The first-order chi connectivity index (χ1) is 6.45. The average Bonchev–Trinajstić information content (AvgIpc) is 2.07. The normalized spacial score (nSPS) is 11.1. The average molecular weight is 312 g/mol. The minimum Gasteiger partial charge on any atom is -0.250 e. The molecule has 6 heteroatoms. The molecule has 1 heterocycles. The summed E-state index contributed by atoms with van der Waals surface area (Å²) in [4.78, 5) is 3.71. The molecule has 1 aromatic heterocycles. The van der Waals surface area contributed by atoms with Crippen LogP contribution in [-0.2, 0) is 12.6 Å². The fraction of sp³-hybridized carbons (Fsp3) is 0.250. The van der Waals surface area contributed by atoms with E-state index in [9.17, 15) is 13.2 Å². The fourth-order valence-corrected chi connectivity index (χ4v) is 1.40. The van der Waals surface area contributed by atoms with Gasteiger partial charge in [0.15, 0.2) is 0 Å². The van der Waals surface area contributed by atoms with Crippen LogP contribution in [0.25, 0.3) is 0 Å². The van der Waals surface area contributed by atoms with Crippen LogP contribution in [0.4, 0.5) is 13.2 Å². The first kappa shape index (κ1) is 11.2. The van der Waals surface area contributed by atoms with Gasteiger partial charge in [-0.1, -0.05) is 0 Å². The van der Waals surface area contributed by atoms with Crippen molar-refractivity contribution in [2.24, 2.45) is 0 Å². The Bertz CT molecular complexity index is 381. The lowest BCUT2D eigenvalue weighted by atomic mass is 10.1. The van der Waals surface area contributed by atoms with Crippen molar-refractivity contribution in [2.75, 3.05) is 0 Å². The van der Waals surface area contributed by atoms with Crippen LogP contribution in [0.2, 0.25) is 0 Å². The second-order valence-corrected chi connectivity index (χ2v) is 3.60. The first-order valence-corrected chi connectivity index (χ1v) is 4.61. The van der Waals surface area contributed by atoms with E-state index in [0.717, 1.165) is 12.3 Å². The summed E-state index contributed by atoms with van der Waals surface area (Å²) >= 11 is 1.70. The van der Waals surface area contributed by atoms with Crippen molar-refractivity contribution in [3.05, 3.63) is 27.1 Å². The number of aromatic nitrogens is 1. The van der Waals surface area contributed by atoms with E-state index in [1.807, 2.05) is 0 Å². The predicted octanol–water partition coefficient (Wildman–Crippen LogP) is 2.77. The summed E-state index contributed by atoms with van der Waals surface area (Å²) in [5.74, 6) is 0. The summed E-state index contributed by atoms with van der Waals surface area (Å²) in [6, 6.07) is 2.61. The molecule has 74 valence electrons. The Hall–Kier alpha value is -0.840. The molecule has 0 spiro atoms. The predicted molar refractivity (Wildman–Crippen MR) is 51.3 cm³/mol. The molecule has 2 nitrogen and oxygen atoms in total. The van der Waals surface area contributed by atoms with Crippen molar-refractivity contribution in [1.29, 1.82) is 5.26 Å². The van der Waals surface area contributed by atoms with E-state index in [1.54, 1.807) is 28.7 Å². The van der Waals surface area contributed by atoms with Gasteiger partial charge in [0.25, 0.3) is 0 Å². The lowest BCUT2D eigenvalue weighted by molar-refractivity contribution is -0.138. The van der Waals surface area contributed by atoms with Crippen LogP contribution in [0, 0.1) is 15.0 Å². The zero-order valence-corrected chi connectivity index (χ0v) is 8.93. The first-order valence-electron chi connectivity index (χ1n) is 3.53. The smallest absolute Gasteiger partial charge is 0.250 e. The number of pyridine rings is 1. The third-order valence-electron chi connectivity index (χ3n) is 1.53. The second kappa shape index (κ2) is 4.13. The summed E-state index contributed by atoms with van der Waals surface area (Å²) in [5, 5.41) is 8.33. The maximum Gasteiger partial charge on any atom is 0.416 e. The number of rotatable bonds is 1. The maximum absolute atomic E-state index is 12.4. The molecule has 1 rings (SSSR count). The van der Waals surface area contributed by atoms with E-state index in [-0.39, 0.29) is 15.7 Å². The zero-order chi connectivity index (χ0) is 10.8. The Morgan fingerprint density at radius 3 is 2.64 bits per heavy atom. The van der Waals surface area contributed by atoms with Gasteiger partial charge in [0, 0.05) is 6.20 Å². The highest BCUT2D eigenvalue weighted by Gasteiger charge is 2.33. The molecule has 0 aliphatic rings. The van der Waals surface area contributed by atoms with E-state index in [0.29, 0.717) is 0 Å². The van der Waals surface area contributed by atoms with Crippen LogP contribution >= 0.6 is 22.6 Å². The highest BCUT2D eigenvalue weighted by atomic mass is 127. The molecule has 14 heavy (non-hydrogen) atoms. The number of nitrogens with zero attached hydrogens (tertiary/aromatic N) is 2. The SMILES string of the molecule is N#CCc1cnc(I)cc1C(F)(F)F. The third kappa shape index (κ3) is 2.57. The molecule has 0 saturated carbocycles. The van der Waals surface area contributed by atoms with Crippen LogP contribution in [0.3, 0.4) is 0 Å². The van der Waals surface area contributed by atoms with Gasteiger partial charge in [-0.05, 0) is 34.2 Å². The zero-order valence-electron chi connectivity index (χ0n) is 6.77. The van der Waals surface area contributed by atoms with Crippen molar-refractivity contribution < 1.29 is 13.2 Å². The monoisotopic (exact) mass is 312 g/mol. The number of hydrogen-bond donors (Lipinski definition) is 0. The van der Waals surface area contributed by atoms with E-state index in [1.165, 1.54) is 0 Å². The van der Waals surface area contributed by atoms with E-state index >= 15 is 0 Å². The largest absolute Gasteiger partial charge is 0.416 e. The van der Waals surface area contributed by atoms with Gasteiger partial charge in [0.2, 0.25) is 0 Å². The van der Waals surface area contributed by atoms with Gasteiger partial charge >= 0.3 is 6.18 Å². The summed E-state index contributed by atoms with van der Waals surface area (Å²) in [5.41, 5.74) is -0.862. The topological polar surface area (TPSA) is 36.7 Å². The molecule has 0 atom stereocenters. The molecule has 0 fully saturated rings. The van der Waals surface area contributed by atoms with Gasteiger partial charge in [-0.2, -0.15) is 18.4 Å². The highest BCUT2D eigenvalue weighted by molar-refractivity contribution is 14.1. The van der Waals surface area contributed by atoms with Crippen molar-refractivity contribution in [1.82, 2.24) is 4.98 Å². The Labute approximate surface area is 91.9 Å². The Kier molecular flexibility index (Phi) is 3.31. The molecular formula is C8H4F3IN2. The summed E-state index contributed by atoms with van der Waals surface area (Å²) in [6.07, 6.45) is -3.61. The van der Waals surface area contributed by atoms with Crippen molar-refractivity contribution >= 4 is 22.6 Å². The van der Waals surface area contributed by atoms with Crippen molar-refractivity contribution in [3.63, 3.8) is 0 Å². The number of nitriles is 1. The van der Waals surface area contributed by atoms with E-state index in [4.69, 9.17) is 5.26 Å². The van der Waals surface area contributed by atoms with Gasteiger partial charge in [-0.3, -0.25) is 0 Å². The van der Waals surface area contributed by atoms with Gasteiger partial charge in [-0.25, -0.2) is 4.98 Å². The molecule has 0 radical (unpaired) electrons. The minimum absolute atomic E-state index is 0.0829. The molecule has 0 saturated heterocycles. The number of hydrogen-bond acceptors (Lipinski definition) is 2. The van der Waals surface area contributed by atoms with Crippen LogP contribution in [0.15, 0.2) is 12.3 Å². The molecule has 0 bridgehead atoms. The van der Waals surface area contributed by atoms with Crippen molar-refractivity contribution in [2.45, 2.75) is 12.6 Å². The molecule has 0 unspecified atom stereocenters. The van der Waals surface area contributed by atoms with Gasteiger partial charge in [0.1, 0.15) is 3.70 Å². The van der Waals surface area contributed by atoms with Crippen LogP contribution < -0.4 is 0 Å². The van der Waals surface area contributed by atoms with Crippen molar-refractivity contribution in [3.8, 4) is 6.07 Å². The number of halogens is 4. The van der Waals surface area contributed by atoms with Crippen LogP contribution in [-0.4, -0.2) is 4.98 Å². The Morgan fingerprint density at radius 2 is 2.14 bits per heavy atom. The van der Waals surface area contributed by atoms with Gasteiger partial charge < -0.3 is 0 Å². The lowest BCUT2D eigenvalue weighted by Gasteiger charge is -2.10. The van der Waals surface area contributed by atoms with E-state index < -0.39 is 11.7 Å². The Balaban J connectivity index is 3.24. The van der Waals surface area contributed by atoms with Crippen LogP contribution in [0.1, 0.15) is 11.1 Å². The quantitative estimate of drug-likeness (QED) is 0.590. The second-order valence-electron chi connectivity index (χ2n) is 2.50. The molecule has 0 aliphatic heterocycles. The third-order valence-corrected chi connectivity index (χ3v) is 2.12. The molecular weight excluding hydrogens is 308 g/mol. The Morgan fingerprint density at radius 1 is 1.50 bits per heavy atom. The molecule has 0 aliphatic carbocycles. The highest BCUT2D eigenvalue weighted by Crippen LogP contribution is 2.32. The summed E-state index contributed by atoms with van der Waals surface area (Å²) in [6.45, 7) is 0. The molecule has 0 amide bonds. The van der Waals surface area contributed by atoms with Gasteiger partial charge in [0.05, 0.1) is 18.1 Å². The minimum atomic E-state index is -4.42. The number of alkyl halides is 3.